The third-order valence-electron chi connectivity index (χ3n) is 6.28. The lowest BCUT2D eigenvalue weighted by atomic mass is 10.1. The predicted molar refractivity (Wildman–Crippen MR) is 120 cm³/mol. The molecular weight excluding hydrogens is 412 g/mol. The van der Waals surface area contributed by atoms with Gasteiger partial charge in [0, 0.05) is 17.3 Å². The molecule has 1 atom stereocenters. The number of rotatable bonds is 4. The second-order valence-electron chi connectivity index (χ2n) is 8.93. The molecule has 3 aromatic rings. The van der Waals surface area contributed by atoms with Crippen molar-refractivity contribution in [3.63, 3.8) is 0 Å². The standard InChI is InChI=1S/C23H26N4O3S/c1-13-4-7-19(14(2)10-13)25-23(28)18-11-20(16-5-6-16)24-22-21(18)15(3)26-27(22)17-8-9-31(29,30)12-17/h4,7,10-11,16-17H,5-6,8-9,12H2,1-3H3,(H,25,28)/t17-/m1/s1. The molecule has 0 radical (unpaired) electrons. The van der Waals surface area contributed by atoms with Crippen LogP contribution in [-0.4, -0.2) is 40.6 Å². The van der Waals surface area contributed by atoms with Gasteiger partial charge in [-0.2, -0.15) is 5.10 Å². The van der Waals surface area contributed by atoms with Gasteiger partial charge in [-0.15, -0.1) is 0 Å². The fourth-order valence-electron chi connectivity index (χ4n) is 4.47. The fraction of sp³-hybridized carbons (Fsp3) is 0.435. The maximum atomic E-state index is 13.4. The van der Waals surface area contributed by atoms with Gasteiger partial charge in [0.05, 0.1) is 34.2 Å². The highest BCUT2D eigenvalue weighted by Crippen LogP contribution is 2.41. The lowest BCUT2D eigenvalue weighted by Gasteiger charge is -2.13. The van der Waals surface area contributed by atoms with Crippen molar-refractivity contribution in [2.75, 3.05) is 16.8 Å². The number of fused-ring (bicyclic) bond motifs is 1. The number of sulfone groups is 1. The predicted octanol–water partition coefficient (Wildman–Crippen LogP) is 3.85. The Balaban J connectivity index is 1.61. The average molecular weight is 439 g/mol. The number of anilines is 1. The summed E-state index contributed by atoms with van der Waals surface area (Å²) in [5.74, 6) is 0.402. The summed E-state index contributed by atoms with van der Waals surface area (Å²) >= 11 is 0. The number of carbonyl (C=O) groups is 1. The van der Waals surface area contributed by atoms with Crippen LogP contribution in [0.3, 0.4) is 0 Å². The summed E-state index contributed by atoms with van der Waals surface area (Å²) in [5.41, 5.74) is 5.68. The Bertz CT molecular complexity index is 1320. The highest BCUT2D eigenvalue weighted by Gasteiger charge is 2.34. The van der Waals surface area contributed by atoms with Crippen molar-refractivity contribution in [2.45, 2.75) is 52.0 Å². The number of nitrogens with zero attached hydrogens (tertiary/aromatic N) is 3. The van der Waals surface area contributed by atoms with Crippen molar-refractivity contribution >= 4 is 32.5 Å². The molecule has 0 bridgehead atoms. The highest BCUT2D eigenvalue weighted by atomic mass is 32.2. The van der Waals surface area contributed by atoms with E-state index in [0.717, 1.165) is 35.3 Å². The first-order valence-corrected chi connectivity index (χ1v) is 12.5. The van der Waals surface area contributed by atoms with Gasteiger partial charge in [-0.1, -0.05) is 17.7 Å². The molecule has 162 valence electrons. The Kier molecular flexibility index (Phi) is 4.66. The van der Waals surface area contributed by atoms with Gasteiger partial charge in [0.1, 0.15) is 0 Å². The minimum atomic E-state index is -3.06. The SMILES string of the molecule is Cc1ccc(NC(=O)c2cc(C3CC3)nc3c2c(C)nn3[C@@H]2CCS(=O)(=O)C2)c(C)c1. The van der Waals surface area contributed by atoms with Crippen LogP contribution in [0.1, 0.15) is 64.1 Å². The Hall–Kier alpha value is -2.74. The molecule has 1 aliphatic carbocycles. The molecule has 8 heteroatoms. The number of hydrogen-bond donors (Lipinski definition) is 1. The Morgan fingerprint density at radius 1 is 1.13 bits per heavy atom. The molecule has 1 aliphatic heterocycles. The zero-order valence-corrected chi connectivity index (χ0v) is 18.8. The van der Waals surface area contributed by atoms with Gasteiger partial charge >= 0.3 is 0 Å². The molecule has 1 saturated heterocycles. The van der Waals surface area contributed by atoms with E-state index in [0.29, 0.717) is 34.6 Å². The minimum absolute atomic E-state index is 0.0721. The van der Waals surface area contributed by atoms with Gasteiger partial charge < -0.3 is 5.32 Å². The third-order valence-corrected chi connectivity index (χ3v) is 8.03. The first kappa shape index (κ1) is 20.2. The summed E-state index contributed by atoms with van der Waals surface area (Å²) in [7, 11) is -3.06. The molecule has 1 saturated carbocycles. The third kappa shape index (κ3) is 3.73. The monoisotopic (exact) mass is 438 g/mol. The molecule has 0 spiro atoms. The summed E-state index contributed by atoms with van der Waals surface area (Å²) in [4.78, 5) is 18.2. The molecule has 31 heavy (non-hydrogen) atoms. The molecule has 2 fully saturated rings. The van der Waals surface area contributed by atoms with Crippen LogP contribution < -0.4 is 5.32 Å². The van der Waals surface area contributed by atoms with E-state index in [4.69, 9.17) is 4.98 Å². The number of pyridine rings is 1. The van der Waals surface area contributed by atoms with E-state index in [1.54, 1.807) is 4.68 Å². The van der Waals surface area contributed by atoms with Crippen molar-refractivity contribution in [1.29, 1.82) is 0 Å². The lowest BCUT2D eigenvalue weighted by molar-refractivity contribution is 0.102. The molecule has 5 rings (SSSR count). The van der Waals surface area contributed by atoms with Crippen molar-refractivity contribution < 1.29 is 13.2 Å². The summed E-state index contributed by atoms with van der Waals surface area (Å²) in [6, 6.07) is 7.59. The molecule has 1 N–H and O–H groups in total. The van der Waals surface area contributed by atoms with Crippen molar-refractivity contribution in [3.05, 3.63) is 52.3 Å². The molecule has 2 aromatic heterocycles. The van der Waals surface area contributed by atoms with Gasteiger partial charge in [0.2, 0.25) is 0 Å². The average Bonchev–Trinajstić information content (AvgIpc) is 3.43. The first-order valence-electron chi connectivity index (χ1n) is 10.7. The maximum absolute atomic E-state index is 13.4. The molecular formula is C23H26N4O3S. The van der Waals surface area contributed by atoms with E-state index in [9.17, 15) is 13.2 Å². The fourth-order valence-corrected chi connectivity index (χ4v) is 6.16. The van der Waals surface area contributed by atoms with Gasteiger partial charge in [-0.3, -0.25) is 4.79 Å². The molecule has 3 heterocycles. The normalized spacial score (nSPS) is 20.3. The largest absolute Gasteiger partial charge is 0.322 e. The Morgan fingerprint density at radius 2 is 1.90 bits per heavy atom. The minimum Gasteiger partial charge on any atom is -0.322 e. The van der Waals surface area contributed by atoms with Gasteiger partial charge in [-0.05, 0) is 57.7 Å². The summed E-state index contributed by atoms with van der Waals surface area (Å²) in [6.07, 6.45) is 2.64. The molecule has 7 nitrogen and oxygen atoms in total. The second-order valence-corrected chi connectivity index (χ2v) is 11.2. The number of amides is 1. The van der Waals surface area contributed by atoms with Crippen molar-refractivity contribution in [1.82, 2.24) is 14.8 Å². The van der Waals surface area contributed by atoms with Crippen LogP contribution in [0.25, 0.3) is 11.0 Å². The molecule has 1 amide bonds. The van der Waals surface area contributed by atoms with E-state index < -0.39 is 9.84 Å². The second kappa shape index (κ2) is 7.15. The van der Waals surface area contributed by atoms with Crippen molar-refractivity contribution in [2.24, 2.45) is 0 Å². The van der Waals surface area contributed by atoms with Crippen LogP contribution in [-0.2, 0) is 9.84 Å². The van der Waals surface area contributed by atoms with Crippen LogP contribution in [0.5, 0.6) is 0 Å². The smallest absolute Gasteiger partial charge is 0.256 e. The van der Waals surface area contributed by atoms with Crippen LogP contribution in [0.2, 0.25) is 0 Å². The Morgan fingerprint density at radius 3 is 2.55 bits per heavy atom. The zero-order valence-electron chi connectivity index (χ0n) is 18.0. The number of aryl methyl sites for hydroxylation is 3. The van der Waals surface area contributed by atoms with Gasteiger partial charge in [-0.25, -0.2) is 18.1 Å². The molecule has 0 unspecified atom stereocenters. The zero-order chi connectivity index (χ0) is 21.9. The van der Waals surface area contributed by atoms with Gasteiger partial charge in [0.15, 0.2) is 15.5 Å². The van der Waals surface area contributed by atoms with E-state index in [2.05, 4.69) is 10.4 Å². The topological polar surface area (TPSA) is 93.9 Å². The van der Waals surface area contributed by atoms with E-state index >= 15 is 0 Å². The summed E-state index contributed by atoms with van der Waals surface area (Å²) < 4.78 is 25.8. The van der Waals surface area contributed by atoms with Gasteiger partial charge in [0.25, 0.3) is 5.91 Å². The van der Waals surface area contributed by atoms with E-state index in [1.165, 1.54) is 0 Å². The summed E-state index contributed by atoms with van der Waals surface area (Å²) in [6.45, 7) is 5.85. The van der Waals surface area contributed by atoms with Crippen LogP contribution in [0, 0.1) is 20.8 Å². The van der Waals surface area contributed by atoms with E-state index in [1.807, 2.05) is 45.0 Å². The van der Waals surface area contributed by atoms with Crippen LogP contribution in [0.15, 0.2) is 24.3 Å². The maximum Gasteiger partial charge on any atom is 0.256 e. The first-order chi connectivity index (χ1) is 14.7. The quantitative estimate of drug-likeness (QED) is 0.668. The highest BCUT2D eigenvalue weighted by molar-refractivity contribution is 7.91. The number of hydrogen-bond acceptors (Lipinski definition) is 5. The van der Waals surface area contributed by atoms with Crippen LogP contribution >= 0.6 is 0 Å². The number of aromatic nitrogens is 3. The van der Waals surface area contributed by atoms with E-state index in [-0.39, 0.29) is 23.5 Å². The van der Waals surface area contributed by atoms with Crippen LogP contribution in [0.4, 0.5) is 5.69 Å². The number of carbonyl (C=O) groups excluding carboxylic acids is 1. The van der Waals surface area contributed by atoms with Crippen molar-refractivity contribution in [3.8, 4) is 0 Å². The number of nitrogens with one attached hydrogen (secondary N) is 1. The summed E-state index contributed by atoms with van der Waals surface area (Å²) in [5, 5.41) is 8.40. The lowest BCUT2D eigenvalue weighted by Crippen LogP contribution is -2.16. The Labute approximate surface area is 181 Å². The molecule has 1 aromatic carbocycles. The number of benzene rings is 1. The molecule has 2 aliphatic rings.